The number of aliphatic hydroxyl groups is 1. The number of benzene rings is 5. The van der Waals surface area contributed by atoms with E-state index in [1.807, 2.05) is 0 Å². The molecule has 0 aliphatic heterocycles. The molecule has 0 aliphatic carbocycles. The Kier molecular flexibility index (Phi) is 13.2. The van der Waals surface area contributed by atoms with E-state index in [0.29, 0.717) is 69.6 Å². The van der Waals surface area contributed by atoms with Gasteiger partial charge in [-0.05, 0) is 116 Å². The third kappa shape index (κ3) is 10.0. The van der Waals surface area contributed by atoms with Gasteiger partial charge in [-0.2, -0.15) is 0 Å². The second-order valence-electron chi connectivity index (χ2n) is 14.7. The molecule has 5 aromatic carbocycles. The molecule has 0 radical (unpaired) electrons. The second-order valence-corrected chi connectivity index (χ2v) is 16.7. The van der Waals surface area contributed by atoms with Crippen LogP contribution in [0.2, 0.25) is 0 Å². The minimum Gasteiger partial charge on any atom is -0.506 e. The van der Waals surface area contributed by atoms with E-state index in [4.69, 9.17) is 10.5 Å². The predicted octanol–water partition coefficient (Wildman–Crippen LogP) is 6.87. The van der Waals surface area contributed by atoms with Crippen molar-refractivity contribution in [1.82, 2.24) is 15.3 Å². The molecule has 14 nitrogen and oxygen atoms in total. The Morgan fingerprint density at radius 1 is 0.905 bits per heavy atom. The molecule has 8 N–H and O–H groups in total. The Bertz CT molecular complexity index is 3100. The van der Waals surface area contributed by atoms with E-state index in [2.05, 4.69) is 37.8 Å². The Hall–Kier alpha value is -7.51. The number of rotatable bonds is 15. The molecule has 2 aromatic heterocycles. The number of nitrogens with zero attached hydrogens (tertiary/aromatic N) is 1. The van der Waals surface area contributed by atoms with E-state index in [0.717, 1.165) is 18.4 Å². The van der Waals surface area contributed by atoms with Crippen molar-refractivity contribution in [3.8, 4) is 23.3 Å². The van der Waals surface area contributed by atoms with Crippen molar-refractivity contribution in [3.05, 3.63) is 154 Å². The number of sulfone groups is 1. The van der Waals surface area contributed by atoms with Crippen LogP contribution in [0, 0.1) is 18.8 Å². The minimum absolute atomic E-state index is 0.0577. The SMILES string of the molecule is COc1cccc(Nc2c(C(N)=O)cnc3c(C)cc(S(=O)(=O)c4cccc(C(=O)Nc5ccc(C#CCCCCNCC(O)c6ccc(O)c7[nH]c(=O)ccc67)cc5)c4)cc23)c1. The molecule has 0 spiro atoms. The molecule has 320 valence electrons. The summed E-state index contributed by atoms with van der Waals surface area (Å²) in [5.41, 5.74) is 9.62. The molecule has 15 heteroatoms. The van der Waals surface area contributed by atoms with Crippen molar-refractivity contribution in [1.29, 1.82) is 0 Å². The van der Waals surface area contributed by atoms with Crippen LogP contribution in [0.1, 0.15) is 62.8 Å². The van der Waals surface area contributed by atoms with Gasteiger partial charge in [-0.25, -0.2) is 8.42 Å². The van der Waals surface area contributed by atoms with Crippen LogP contribution in [0.3, 0.4) is 0 Å². The molecular formula is C48H44N6O8S. The zero-order chi connectivity index (χ0) is 44.7. The van der Waals surface area contributed by atoms with Gasteiger partial charge in [0.25, 0.3) is 11.8 Å². The number of hydrogen-bond acceptors (Lipinski definition) is 11. The third-order valence-electron chi connectivity index (χ3n) is 10.3. The molecule has 0 bridgehead atoms. The summed E-state index contributed by atoms with van der Waals surface area (Å²) < 4.78 is 33.6. The number of aromatic hydroxyl groups is 1. The summed E-state index contributed by atoms with van der Waals surface area (Å²) in [5.74, 6) is 5.54. The lowest BCUT2D eigenvalue weighted by Crippen LogP contribution is -2.22. The number of amides is 2. The zero-order valence-electron chi connectivity index (χ0n) is 34.4. The van der Waals surface area contributed by atoms with Crippen LogP contribution >= 0.6 is 0 Å². The number of carbonyl (C=O) groups excluding carboxylic acids is 2. The van der Waals surface area contributed by atoms with Crippen LogP contribution in [0.15, 0.2) is 130 Å². The van der Waals surface area contributed by atoms with E-state index in [-0.39, 0.29) is 37.9 Å². The van der Waals surface area contributed by atoms with Crippen molar-refractivity contribution in [2.75, 3.05) is 30.8 Å². The normalized spacial score (nSPS) is 11.7. The number of aryl methyl sites for hydroxylation is 1. The van der Waals surface area contributed by atoms with Gasteiger partial charge in [0.05, 0.1) is 45.3 Å². The van der Waals surface area contributed by atoms with Crippen LogP contribution in [0.4, 0.5) is 17.1 Å². The van der Waals surface area contributed by atoms with Crippen molar-refractivity contribution >= 4 is 60.5 Å². The number of ether oxygens (including phenoxy) is 1. The minimum atomic E-state index is -4.18. The number of primary amides is 1. The van der Waals surface area contributed by atoms with Gasteiger partial charge >= 0.3 is 0 Å². The quantitative estimate of drug-likeness (QED) is 0.0416. The maximum absolute atomic E-state index is 14.2. The fraction of sp³-hybridized carbons (Fsp3) is 0.167. The lowest BCUT2D eigenvalue weighted by Gasteiger charge is -2.16. The van der Waals surface area contributed by atoms with E-state index >= 15 is 0 Å². The van der Waals surface area contributed by atoms with Crippen LogP contribution in [0.25, 0.3) is 21.8 Å². The molecule has 0 saturated carbocycles. The number of nitrogens with two attached hydrogens (primary N) is 1. The van der Waals surface area contributed by atoms with Crippen LogP contribution < -0.4 is 32.0 Å². The topological polar surface area (TPSA) is 226 Å². The van der Waals surface area contributed by atoms with Gasteiger partial charge in [0.1, 0.15) is 11.5 Å². The number of nitrogens with one attached hydrogen (secondary N) is 4. The third-order valence-corrected chi connectivity index (χ3v) is 12.1. The standard InChI is InChI=1S/C48H44N6O8S/c1-29-23-36(26-39-44(29)51-27-40(47(49)58)45(39)52-33-11-8-12-34(25-33)62-2)63(60,61)35-13-7-10-31(24-35)48(59)53-32-16-14-30(15-17-32)9-5-3-4-6-22-50-28-42(56)37-18-20-41(55)46-38(37)19-21-43(57)54-46/h7-8,10-21,23-27,42,50,55-56H,3-4,6,22,28H2,1-2H3,(H2,49,58)(H,51,52)(H,53,59)(H,54,57). The van der Waals surface area contributed by atoms with Crippen LogP contribution in [-0.2, 0) is 9.84 Å². The van der Waals surface area contributed by atoms with E-state index in [1.54, 1.807) is 67.6 Å². The summed E-state index contributed by atoms with van der Waals surface area (Å²) >= 11 is 0. The second kappa shape index (κ2) is 19.0. The van der Waals surface area contributed by atoms with Gasteiger partial charge in [0.2, 0.25) is 15.4 Å². The number of aliphatic hydroxyl groups excluding tert-OH is 1. The van der Waals surface area contributed by atoms with Crippen LogP contribution in [0.5, 0.6) is 11.5 Å². The smallest absolute Gasteiger partial charge is 0.255 e. The number of H-pyrrole nitrogens is 1. The summed E-state index contributed by atoms with van der Waals surface area (Å²) in [7, 11) is -2.65. The summed E-state index contributed by atoms with van der Waals surface area (Å²) in [6.45, 7) is 2.69. The number of phenols is 1. The average molecular weight is 865 g/mol. The first-order valence-corrected chi connectivity index (χ1v) is 21.4. The summed E-state index contributed by atoms with van der Waals surface area (Å²) in [6.07, 6.45) is 2.84. The number of aromatic amines is 1. The first-order chi connectivity index (χ1) is 30.3. The Morgan fingerprint density at radius 2 is 1.70 bits per heavy atom. The van der Waals surface area contributed by atoms with Crippen molar-refractivity contribution < 1.29 is 33.0 Å². The van der Waals surface area contributed by atoms with Gasteiger partial charge < -0.3 is 41.6 Å². The Labute approximate surface area is 363 Å². The summed E-state index contributed by atoms with van der Waals surface area (Å²) in [6, 6.07) is 28.8. The number of carbonyl (C=O) groups is 2. The Morgan fingerprint density at radius 3 is 2.48 bits per heavy atom. The molecule has 7 aromatic rings. The van der Waals surface area contributed by atoms with Gasteiger partial charge in [-0.3, -0.25) is 19.4 Å². The molecule has 7 rings (SSSR count). The maximum atomic E-state index is 14.2. The molecule has 0 fully saturated rings. The summed E-state index contributed by atoms with van der Waals surface area (Å²) in [4.78, 5) is 44.4. The molecule has 1 atom stereocenters. The highest BCUT2D eigenvalue weighted by atomic mass is 32.2. The van der Waals surface area contributed by atoms with Crippen molar-refractivity contribution in [3.63, 3.8) is 0 Å². The highest BCUT2D eigenvalue weighted by Gasteiger charge is 2.24. The largest absolute Gasteiger partial charge is 0.506 e. The van der Waals surface area contributed by atoms with Crippen molar-refractivity contribution in [2.45, 2.75) is 42.1 Å². The molecule has 1 unspecified atom stereocenters. The lowest BCUT2D eigenvalue weighted by atomic mass is 10.0. The number of hydrogen-bond donors (Lipinski definition) is 7. The molecule has 0 aliphatic rings. The number of phenolic OH excluding ortho intramolecular Hbond substituents is 1. The predicted molar refractivity (Wildman–Crippen MR) is 242 cm³/mol. The number of methoxy groups -OCH3 is 1. The fourth-order valence-corrected chi connectivity index (χ4v) is 8.49. The first-order valence-electron chi connectivity index (χ1n) is 20.0. The number of unbranched alkanes of at least 4 members (excludes halogenated alkanes) is 2. The monoisotopic (exact) mass is 864 g/mol. The van der Waals surface area contributed by atoms with E-state index < -0.39 is 27.8 Å². The molecule has 2 heterocycles. The summed E-state index contributed by atoms with van der Waals surface area (Å²) in [5, 5.41) is 31.0. The van der Waals surface area contributed by atoms with Gasteiger partial charge in [0.15, 0.2) is 0 Å². The molecule has 2 amide bonds. The van der Waals surface area contributed by atoms with Gasteiger partial charge in [-0.15, -0.1) is 0 Å². The maximum Gasteiger partial charge on any atom is 0.255 e. The van der Waals surface area contributed by atoms with Gasteiger partial charge in [-0.1, -0.05) is 30.0 Å². The number of aromatic nitrogens is 2. The average Bonchev–Trinajstić information content (AvgIpc) is 3.28. The molecule has 63 heavy (non-hydrogen) atoms. The van der Waals surface area contributed by atoms with E-state index in [9.17, 15) is 33.0 Å². The number of fused-ring (bicyclic) bond motifs is 2. The molecular weight excluding hydrogens is 821 g/mol. The first kappa shape index (κ1) is 43.6. The van der Waals surface area contributed by atoms with E-state index in [1.165, 1.54) is 61.8 Å². The molecule has 0 saturated heterocycles. The Balaban J connectivity index is 0.953. The number of pyridine rings is 2. The highest BCUT2D eigenvalue weighted by molar-refractivity contribution is 7.91. The van der Waals surface area contributed by atoms with Crippen molar-refractivity contribution in [2.24, 2.45) is 5.73 Å². The number of anilines is 3. The fourth-order valence-electron chi connectivity index (χ4n) is 7.08. The zero-order valence-corrected chi connectivity index (χ0v) is 35.2. The van der Waals surface area contributed by atoms with Gasteiger partial charge in [0, 0.05) is 64.6 Å². The van der Waals surface area contributed by atoms with Crippen LogP contribution in [-0.4, -0.2) is 60.6 Å². The highest BCUT2D eigenvalue weighted by Crippen LogP contribution is 2.35. The lowest BCUT2D eigenvalue weighted by molar-refractivity contribution is 0.0998.